The van der Waals surface area contributed by atoms with Gasteiger partial charge in [0.25, 0.3) is 0 Å². The predicted octanol–water partition coefficient (Wildman–Crippen LogP) is 2.45. The highest BCUT2D eigenvalue weighted by atomic mass is 16.2. The number of hydrogen-bond donors (Lipinski definition) is 1. The Morgan fingerprint density at radius 1 is 1.50 bits per heavy atom. The standard InChI is InChI=1S/C17H22N4O/c1-13-10-16(20-19-13)15-5-3-9-21(12-15)17(22)7-6-14-4-2-8-18-11-14/h2,4,8,10-11,15H,3,5-7,9,12H2,1H3,(H,19,20)/t15-/m1/s1. The average Bonchev–Trinajstić information content (AvgIpc) is 3.00. The lowest BCUT2D eigenvalue weighted by Crippen LogP contribution is -2.39. The van der Waals surface area contributed by atoms with Crippen LogP contribution in [0.3, 0.4) is 0 Å². The van der Waals surface area contributed by atoms with Gasteiger partial charge in [0, 0.05) is 43.5 Å². The van der Waals surface area contributed by atoms with Crippen LogP contribution in [-0.4, -0.2) is 39.1 Å². The minimum Gasteiger partial charge on any atom is -0.342 e. The Morgan fingerprint density at radius 3 is 3.14 bits per heavy atom. The highest BCUT2D eigenvalue weighted by molar-refractivity contribution is 5.76. The van der Waals surface area contributed by atoms with Gasteiger partial charge < -0.3 is 4.90 Å². The minimum absolute atomic E-state index is 0.237. The molecule has 1 amide bonds. The summed E-state index contributed by atoms with van der Waals surface area (Å²) in [6.07, 6.45) is 7.06. The lowest BCUT2D eigenvalue weighted by molar-refractivity contribution is -0.132. The molecule has 0 aromatic carbocycles. The molecule has 0 aliphatic carbocycles. The van der Waals surface area contributed by atoms with Crippen molar-refractivity contribution in [3.05, 3.63) is 47.5 Å². The van der Waals surface area contributed by atoms with Crippen LogP contribution in [0.2, 0.25) is 0 Å². The Balaban J connectivity index is 1.56. The minimum atomic E-state index is 0.237. The number of piperidine rings is 1. The van der Waals surface area contributed by atoms with Gasteiger partial charge in [-0.05, 0) is 43.9 Å². The Bertz CT molecular complexity index is 623. The normalized spacial score (nSPS) is 18.4. The molecule has 0 saturated carbocycles. The van der Waals surface area contributed by atoms with Crippen molar-refractivity contribution >= 4 is 5.91 Å². The van der Waals surface area contributed by atoms with Gasteiger partial charge in [-0.25, -0.2) is 0 Å². The summed E-state index contributed by atoms with van der Waals surface area (Å²) >= 11 is 0. The van der Waals surface area contributed by atoms with Crippen LogP contribution in [0.25, 0.3) is 0 Å². The van der Waals surface area contributed by atoms with E-state index in [0.29, 0.717) is 12.3 Å². The highest BCUT2D eigenvalue weighted by Gasteiger charge is 2.25. The number of hydrogen-bond acceptors (Lipinski definition) is 3. The highest BCUT2D eigenvalue weighted by Crippen LogP contribution is 2.26. The van der Waals surface area contributed by atoms with Gasteiger partial charge in [0.1, 0.15) is 0 Å². The van der Waals surface area contributed by atoms with E-state index in [9.17, 15) is 4.79 Å². The molecule has 3 rings (SSSR count). The van der Waals surface area contributed by atoms with Crippen LogP contribution in [-0.2, 0) is 11.2 Å². The number of nitrogens with zero attached hydrogens (tertiary/aromatic N) is 3. The first-order valence-electron chi connectivity index (χ1n) is 7.91. The third-order valence-corrected chi connectivity index (χ3v) is 4.27. The third kappa shape index (κ3) is 3.53. The summed E-state index contributed by atoms with van der Waals surface area (Å²) < 4.78 is 0. The second kappa shape index (κ2) is 6.73. The number of aromatic amines is 1. The Labute approximate surface area is 130 Å². The zero-order valence-corrected chi connectivity index (χ0v) is 13.0. The van der Waals surface area contributed by atoms with Crippen LogP contribution in [0.1, 0.15) is 42.1 Å². The SMILES string of the molecule is Cc1cc([C@@H]2CCCN(C(=O)CCc3cccnc3)C2)n[nH]1. The molecule has 22 heavy (non-hydrogen) atoms. The van der Waals surface area contributed by atoms with Gasteiger partial charge in [0.15, 0.2) is 0 Å². The fourth-order valence-electron chi connectivity index (χ4n) is 3.05. The van der Waals surface area contributed by atoms with Crippen LogP contribution in [0, 0.1) is 6.92 Å². The summed E-state index contributed by atoms with van der Waals surface area (Å²) in [6, 6.07) is 6.02. The molecule has 1 aliphatic rings. The molecule has 5 heteroatoms. The fourth-order valence-corrected chi connectivity index (χ4v) is 3.05. The number of rotatable bonds is 4. The number of pyridine rings is 1. The van der Waals surface area contributed by atoms with Gasteiger partial charge in [-0.3, -0.25) is 14.9 Å². The summed E-state index contributed by atoms with van der Waals surface area (Å²) in [6.45, 7) is 3.66. The fraction of sp³-hybridized carbons (Fsp3) is 0.471. The van der Waals surface area contributed by atoms with E-state index in [-0.39, 0.29) is 5.91 Å². The molecule has 1 saturated heterocycles. The second-order valence-corrected chi connectivity index (χ2v) is 6.02. The van der Waals surface area contributed by atoms with E-state index in [0.717, 1.165) is 49.3 Å². The van der Waals surface area contributed by atoms with E-state index in [1.54, 1.807) is 6.20 Å². The zero-order chi connectivity index (χ0) is 15.4. The van der Waals surface area contributed by atoms with Gasteiger partial charge in [0.05, 0.1) is 5.69 Å². The smallest absolute Gasteiger partial charge is 0.222 e. The van der Waals surface area contributed by atoms with Gasteiger partial charge in [-0.15, -0.1) is 0 Å². The van der Waals surface area contributed by atoms with Gasteiger partial charge in [-0.2, -0.15) is 5.10 Å². The summed E-state index contributed by atoms with van der Waals surface area (Å²) in [4.78, 5) is 18.5. The van der Waals surface area contributed by atoms with E-state index in [4.69, 9.17) is 0 Å². The average molecular weight is 298 g/mol. The first-order valence-corrected chi connectivity index (χ1v) is 7.91. The third-order valence-electron chi connectivity index (χ3n) is 4.27. The quantitative estimate of drug-likeness (QED) is 0.943. The van der Waals surface area contributed by atoms with E-state index in [2.05, 4.69) is 21.2 Å². The maximum atomic E-state index is 12.4. The molecule has 2 aromatic heterocycles. The molecule has 116 valence electrons. The molecular formula is C17H22N4O. The lowest BCUT2D eigenvalue weighted by Gasteiger charge is -2.32. The van der Waals surface area contributed by atoms with E-state index in [1.165, 1.54) is 0 Å². The van der Waals surface area contributed by atoms with Crippen molar-refractivity contribution in [2.45, 2.75) is 38.5 Å². The first kappa shape index (κ1) is 14.8. The molecule has 1 aliphatic heterocycles. The van der Waals surface area contributed by atoms with Gasteiger partial charge >= 0.3 is 0 Å². The summed E-state index contributed by atoms with van der Waals surface area (Å²) in [5.74, 6) is 0.599. The Morgan fingerprint density at radius 2 is 2.41 bits per heavy atom. The largest absolute Gasteiger partial charge is 0.342 e. The number of likely N-dealkylation sites (tertiary alicyclic amines) is 1. The molecular weight excluding hydrogens is 276 g/mol. The predicted molar refractivity (Wildman–Crippen MR) is 84.4 cm³/mol. The van der Waals surface area contributed by atoms with Crippen LogP contribution in [0.4, 0.5) is 0 Å². The zero-order valence-electron chi connectivity index (χ0n) is 13.0. The Hall–Kier alpha value is -2.17. The lowest BCUT2D eigenvalue weighted by atomic mass is 9.94. The molecule has 0 bridgehead atoms. The van der Waals surface area contributed by atoms with Crippen molar-refractivity contribution in [1.29, 1.82) is 0 Å². The molecule has 1 N–H and O–H groups in total. The topological polar surface area (TPSA) is 61.9 Å². The maximum Gasteiger partial charge on any atom is 0.222 e. The van der Waals surface area contributed by atoms with Crippen LogP contribution >= 0.6 is 0 Å². The summed E-state index contributed by atoms with van der Waals surface area (Å²) in [7, 11) is 0. The maximum absolute atomic E-state index is 12.4. The number of aromatic nitrogens is 3. The summed E-state index contributed by atoms with van der Waals surface area (Å²) in [5.41, 5.74) is 3.28. The van der Waals surface area contributed by atoms with Gasteiger partial charge in [0.2, 0.25) is 5.91 Å². The van der Waals surface area contributed by atoms with Crippen molar-refractivity contribution in [3.63, 3.8) is 0 Å². The first-order chi connectivity index (χ1) is 10.7. The molecule has 0 radical (unpaired) electrons. The second-order valence-electron chi connectivity index (χ2n) is 6.02. The molecule has 2 aromatic rings. The molecule has 1 atom stereocenters. The van der Waals surface area contributed by atoms with Crippen molar-refractivity contribution in [1.82, 2.24) is 20.1 Å². The number of amides is 1. The van der Waals surface area contributed by atoms with Crippen LogP contribution in [0.5, 0.6) is 0 Å². The molecule has 5 nitrogen and oxygen atoms in total. The van der Waals surface area contributed by atoms with Crippen molar-refractivity contribution in [3.8, 4) is 0 Å². The van der Waals surface area contributed by atoms with E-state index in [1.807, 2.05) is 30.2 Å². The van der Waals surface area contributed by atoms with Gasteiger partial charge in [-0.1, -0.05) is 6.07 Å². The van der Waals surface area contributed by atoms with Crippen LogP contribution < -0.4 is 0 Å². The van der Waals surface area contributed by atoms with Crippen molar-refractivity contribution in [2.75, 3.05) is 13.1 Å². The number of aryl methyl sites for hydroxylation is 2. The van der Waals surface area contributed by atoms with E-state index >= 15 is 0 Å². The number of nitrogens with one attached hydrogen (secondary N) is 1. The summed E-state index contributed by atoms with van der Waals surface area (Å²) in [5, 5.41) is 7.35. The van der Waals surface area contributed by atoms with Crippen LogP contribution in [0.15, 0.2) is 30.6 Å². The number of carbonyl (C=O) groups excluding carboxylic acids is 1. The molecule has 1 fully saturated rings. The monoisotopic (exact) mass is 298 g/mol. The molecule has 3 heterocycles. The molecule has 0 spiro atoms. The van der Waals surface area contributed by atoms with Crippen molar-refractivity contribution < 1.29 is 4.79 Å². The molecule has 0 unspecified atom stereocenters. The number of carbonyl (C=O) groups is 1. The van der Waals surface area contributed by atoms with Crippen molar-refractivity contribution in [2.24, 2.45) is 0 Å². The van der Waals surface area contributed by atoms with E-state index < -0.39 is 0 Å². The number of H-pyrrole nitrogens is 1. The Kier molecular flexibility index (Phi) is 4.51.